The fourth-order valence-corrected chi connectivity index (χ4v) is 7.07. The van der Waals surface area contributed by atoms with Crippen LogP contribution < -0.4 is 4.72 Å². The average molecular weight is 459 g/mol. The summed E-state index contributed by atoms with van der Waals surface area (Å²) in [7, 11) is -10.4. The van der Waals surface area contributed by atoms with Gasteiger partial charge in [-0.1, -0.05) is 13.8 Å². The second-order valence-electron chi connectivity index (χ2n) is 7.96. The Morgan fingerprint density at radius 1 is 1.03 bits per heavy atom. The molecule has 2 N–H and O–H groups in total. The number of nitrogens with one attached hydrogen (secondary N) is 1. The van der Waals surface area contributed by atoms with Crippen LogP contribution in [0, 0.1) is 40.0 Å². The van der Waals surface area contributed by atoms with Crippen molar-refractivity contribution < 1.29 is 43.7 Å². The number of hydrogen-bond acceptors (Lipinski definition) is 5. The maximum atomic E-state index is 14.1. The lowest BCUT2D eigenvalue weighted by Gasteiger charge is -2.36. The first-order valence-corrected chi connectivity index (χ1v) is 11.5. The Kier molecular flexibility index (Phi) is 4.83. The Morgan fingerprint density at radius 3 is 1.93 bits per heavy atom. The van der Waals surface area contributed by atoms with Crippen molar-refractivity contribution in [2.24, 2.45) is 16.7 Å². The van der Waals surface area contributed by atoms with E-state index in [9.17, 15) is 39.2 Å². The van der Waals surface area contributed by atoms with Gasteiger partial charge in [-0.05, 0) is 24.2 Å². The number of anilines is 1. The van der Waals surface area contributed by atoms with E-state index in [4.69, 9.17) is 4.55 Å². The number of carbonyl (C=O) groups excluding carboxylic acids is 1. The highest BCUT2D eigenvalue weighted by atomic mass is 32.2. The van der Waals surface area contributed by atoms with E-state index in [-0.39, 0.29) is 24.5 Å². The molecule has 2 aliphatic rings. The molecule has 162 valence electrons. The van der Waals surface area contributed by atoms with Crippen molar-refractivity contribution in [3.63, 3.8) is 0 Å². The molecule has 7 nitrogen and oxygen atoms in total. The minimum absolute atomic E-state index is 0.0531. The molecule has 29 heavy (non-hydrogen) atoms. The zero-order valence-electron chi connectivity index (χ0n) is 15.2. The van der Waals surface area contributed by atoms with Crippen LogP contribution in [-0.4, -0.2) is 32.9 Å². The van der Waals surface area contributed by atoms with Gasteiger partial charge >= 0.3 is 10.1 Å². The molecule has 0 saturated heterocycles. The summed E-state index contributed by atoms with van der Waals surface area (Å²) >= 11 is 0. The lowest BCUT2D eigenvalue weighted by molar-refractivity contribution is -0.128. The van der Waals surface area contributed by atoms with Crippen molar-refractivity contribution in [3.05, 3.63) is 23.3 Å². The van der Waals surface area contributed by atoms with Gasteiger partial charge in [0.25, 0.3) is 0 Å². The fraction of sp³-hybridized carbons (Fsp3) is 0.562. The molecule has 0 amide bonds. The average Bonchev–Trinajstić information content (AvgIpc) is 2.89. The summed E-state index contributed by atoms with van der Waals surface area (Å²) in [5, 5.41) is 0. The van der Waals surface area contributed by atoms with Crippen LogP contribution in [0.15, 0.2) is 4.90 Å². The molecular weight excluding hydrogens is 442 g/mol. The van der Waals surface area contributed by atoms with Crippen molar-refractivity contribution in [3.8, 4) is 0 Å². The Bertz CT molecular complexity index is 1100. The highest BCUT2D eigenvalue weighted by Gasteiger charge is 2.65. The number of rotatable bonds is 5. The van der Waals surface area contributed by atoms with Gasteiger partial charge in [0.15, 0.2) is 28.2 Å². The molecular formula is C16H17F4NO6S2. The topological polar surface area (TPSA) is 118 Å². The van der Waals surface area contributed by atoms with Gasteiger partial charge < -0.3 is 0 Å². The third kappa shape index (κ3) is 3.13. The quantitative estimate of drug-likeness (QED) is 0.397. The summed E-state index contributed by atoms with van der Waals surface area (Å²) in [6.07, 6.45) is 0.987. The van der Waals surface area contributed by atoms with Crippen LogP contribution in [-0.2, 0) is 24.9 Å². The normalized spacial score (nSPS) is 26.2. The summed E-state index contributed by atoms with van der Waals surface area (Å²) < 4.78 is 113. The van der Waals surface area contributed by atoms with Crippen LogP contribution in [0.3, 0.4) is 0 Å². The van der Waals surface area contributed by atoms with Gasteiger partial charge in [0.1, 0.15) is 11.5 Å². The highest BCUT2D eigenvalue weighted by molar-refractivity contribution is 7.92. The Morgan fingerprint density at radius 2 is 1.55 bits per heavy atom. The monoisotopic (exact) mass is 459 g/mol. The molecule has 2 aliphatic carbocycles. The van der Waals surface area contributed by atoms with Crippen LogP contribution in [0.1, 0.15) is 33.1 Å². The molecule has 1 aromatic carbocycles. The molecule has 2 atom stereocenters. The molecule has 3 rings (SSSR count). The lowest BCUT2D eigenvalue weighted by atomic mass is 9.70. The zero-order chi connectivity index (χ0) is 22.2. The maximum absolute atomic E-state index is 14.1. The molecule has 2 bridgehead atoms. The van der Waals surface area contributed by atoms with E-state index in [0.717, 1.165) is 0 Å². The second kappa shape index (κ2) is 6.38. The highest BCUT2D eigenvalue weighted by Crippen LogP contribution is 2.64. The minimum Gasteiger partial charge on any atom is -0.299 e. The third-order valence-electron chi connectivity index (χ3n) is 6.31. The summed E-state index contributed by atoms with van der Waals surface area (Å²) in [5.74, 6) is -10.9. The van der Waals surface area contributed by atoms with E-state index in [0.29, 0.717) is 6.42 Å². The van der Waals surface area contributed by atoms with Gasteiger partial charge in [0, 0.05) is 6.42 Å². The first-order valence-electron chi connectivity index (χ1n) is 8.42. The van der Waals surface area contributed by atoms with Gasteiger partial charge in [0.2, 0.25) is 10.0 Å². The Labute approximate surface area is 164 Å². The van der Waals surface area contributed by atoms with E-state index in [1.165, 1.54) is 4.72 Å². The number of carbonyl (C=O) groups is 1. The van der Waals surface area contributed by atoms with E-state index in [1.807, 2.05) is 0 Å². The number of ketones is 1. The number of hydrogen-bond donors (Lipinski definition) is 2. The van der Waals surface area contributed by atoms with Crippen molar-refractivity contribution in [2.45, 2.75) is 38.0 Å². The summed E-state index contributed by atoms with van der Waals surface area (Å²) in [5.41, 5.74) is -3.80. The van der Waals surface area contributed by atoms with Gasteiger partial charge in [-0.2, -0.15) is 8.42 Å². The van der Waals surface area contributed by atoms with Crippen molar-refractivity contribution in [1.82, 2.24) is 0 Å². The molecule has 0 heterocycles. The zero-order valence-corrected chi connectivity index (χ0v) is 16.9. The second-order valence-corrected chi connectivity index (χ2v) is 11.0. The van der Waals surface area contributed by atoms with Gasteiger partial charge in [-0.15, -0.1) is 0 Å². The Hall–Kier alpha value is -1.73. The predicted molar refractivity (Wildman–Crippen MR) is 92.1 cm³/mol. The standard InChI is InChI=1S/C16H17F4NO6S2/c1-15(2)7-3-4-16(15,8(22)5-7)6-28(23,24)21-13-9(17)11(19)14(29(25,26)27)12(20)10(13)18/h7,21H,3-6H2,1-2H3,(H,25,26,27). The molecule has 0 aromatic heterocycles. The van der Waals surface area contributed by atoms with Crippen LogP contribution in [0.25, 0.3) is 0 Å². The van der Waals surface area contributed by atoms with Crippen LogP contribution >= 0.6 is 0 Å². The SMILES string of the molecule is CC1(C)C2CCC1(CS(=O)(=O)Nc1c(F)c(F)c(S(=O)(=O)O)c(F)c1F)C(=O)C2. The molecule has 0 aliphatic heterocycles. The molecule has 0 spiro atoms. The summed E-state index contributed by atoms with van der Waals surface area (Å²) in [6, 6.07) is 0. The van der Waals surface area contributed by atoms with E-state index >= 15 is 0 Å². The van der Waals surface area contributed by atoms with Crippen molar-refractivity contribution in [1.29, 1.82) is 0 Å². The van der Waals surface area contributed by atoms with E-state index in [1.54, 1.807) is 13.8 Å². The number of fused-ring (bicyclic) bond motifs is 2. The van der Waals surface area contributed by atoms with E-state index in [2.05, 4.69) is 0 Å². The number of sulfonamides is 1. The molecule has 2 fully saturated rings. The number of halogens is 4. The number of Topliss-reactive ketones (excluding diaryl/α,β-unsaturated/α-hetero) is 1. The largest absolute Gasteiger partial charge is 0.300 e. The number of benzene rings is 1. The maximum Gasteiger partial charge on any atom is 0.300 e. The smallest absolute Gasteiger partial charge is 0.299 e. The van der Waals surface area contributed by atoms with Crippen molar-refractivity contribution >= 4 is 31.6 Å². The van der Waals surface area contributed by atoms with Gasteiger partial charge in [-0.25, -0.2) is 26.0 Å². The molecule has 13 heteroatoms. The molecule has 0 radical (unpaired) electrons. The molecule has 1 aromatic rings. The summed E-state index contributed by atoms with van der Waals surface area (Å²) in [4.78, 5) is 10.2. The molecule has 2 unspecified atom stereocenters. The van der Waals surface area contributed by atoms with E-state index < -0.39 is 70.6 Å². The Balaban J connectivity index is 2.04. The molecule has 2 saturated carbocycles. The van der Waals surface area contributed by atoms with Crippen LogP contribution in [0.2, 0.25) is 0 Å². The first-order chi connectivity index (χ1) is 13.0. The lowest BCUT2D eigenvalue weighted by Crippen LogP contribution is -2.43. The fourth-order valence-electron chi connectivity index (χ4n) is 4.55. The first kappa shape index (κ1) is 22.0. The summed E-state index contributed by atoms with van der Waals surface area (Å²) in [6.45, 7) is 3.43. The predicted octanol–water partition coefficient (Wildman–Crippen LogP) is 2.63. The van der Waals surface area contributed by atoms with Gasteiger partial charge in [0.05, 0.1) is 11.2 Å². The third-order valence-corrected chi connectivity index (χ3v) is 8.58. The van der Waals surface area contributed by atoms with Crippen LogP contribution in [0.5, 0.6) is 0 Å². The van der Waals surface area contributed by atoms with Gasteiger partial charge in [-0.3, -0.25) is 14.1 Å². The van der Waals surface area contributed by atoms with Crippen molar-refractivity contribution in [2.75, 3.05) is 10.5 Å². The van der Waals surface area contributed by atoms with Crippen LogP contribution in [0.4, 0.5) is 23.2 Å². The minimum atomic E-state index is -5.67.